The second kappa shape index (κ2) is 8.17. The van der Waals surface area contributed by atoms with E-state index in [1.807, 2.05) is 25.1 Å². The van der Waals surface area contributed by atoms with Gasteiger partial charge >= 0.3 is 5.69 Å². The molecule has 0 radical (unpaired) electrons. The van der Waals surface area contributed by atoms with Gasteiger partial charge in [-0.15, -0.1) is 0 Å². The number of nitrogens with zero attached hydrogens (tertiary/aromatic N) is 3. The van der Waals surface area contributed by atoms with E-state index < -0.39 is 11.0 Å². The predicted molar refractivity (Wildman–Crippen MR) is 101 cm³/mol. The van der Waals surface area contributed by atoms with Gasteiger partial charge in [0.25, 0.3) is 5.91 Å². The molecule has 1 aromatic heterocycles. The summed E-state index contributed by atoms with van der Waals surface area (Å²) < 4.78 is 6.87. The summed E-state index contributed by atoms with van der Waals surface area (Å²) in [5.41, 5.74) is 2.00. The van der Waals surface area contributed by atoms with E-state index in [1.165, 1.54) is 4.68 Å². The molecule has 2 N–H and O–H groups in total. The van der Waals surface area contributed by atoms with Crippen LogP contribution in [0.25, 0.3) is 0 Å². The molecule has 1 atom stereocenters. The van der Waals surface area contributed by atoms with Gasteiger partial charge in [-0.25, -0.2) is 4.68 Å². The van der Waals surface area contributed by atoms with Crippen molar-refractivity contribution in [2.75, 3.05) is 17.2 Å². The number of benzene rings is 1. The second-order valence-corrected chi connectivity index (χ2v) is 6.42. The molecule has 1 unspecified atom stereocenters. The van der Waals surface area contributed by atoms with E-state index in [1.54, 1.807) is 13.1 Å². The molecule has 9 heteroatoms. The summed E-state index contributed by atoms with van der Waals surface area (Å²) in [4.78, 5) is 23.1. The number of nitrogens with one attached hydrogen (secondary N) is 2. The SMILES string of the molecule is CCc1nn(C)c(NCc2cccc(NC(=O)C3CCCO3)c2)c1[N+](=O)[O-]. The van der Waals surface area contributed by atoms with Crippen LogP contribution in [-0.4, -0.2) is 33.3 Å². The molecule has 3 rings (SSSR count). The molecular formula is C18H23N5O4. The van der Waals surface area contributed by atoms with E-state index in [0.29, 0.717) is 36.8 Å². The lowest BCUT2D eigenvalue weighted by Gasteiger charge is -2.12. The first-order valence-corrected chi connectivity index (χ1v) is 8.95. The van der Waals surface area contributed by atoms with E-state index >= 15 is 0 Å². The number of nitro groups is 1. The Labute approximate surface area is 156 Å². The summed E-state index contributed by atoms with van der Waals surface area (Å²) in [6, 6.07) is 7.36. The molecule has 2 heterocycles. The Morgan fingerprint density at radius 1 is 1.48 bits per heavy atom. The molecule has 2 aromatic rings. The van der Waals surface area contributed by atoms with Gasteiger partial charge in [-0.2, -0.15) is 5.10 Å². The van der Waals surface area contributed by atoms with Crippen molar-refractivity contribution < 1.29 is 14.5 Å². The Balaban J connectivity index is 1.69. The van der Waals surface area contributed by atoms with Gasteiger partial charge in [0.05, 0.1) is 4.92 Å². The highest BCUT2D eigenvalue weighted by Crippen LogP contribution is 2.29. The van der Waals surface area contributed by atoms with Crippen LogP contribution in [0.5, 0.6) is 0 Å². The normalized spacial score (nSPS) is 16.3. The maximum atomic E-state index is 12.2. The summed E-state index contributed by atoms with van der Waals surface area (Å²) in [5, 5.41) is 21.5. The number of amides is 1. The summed E-state index contributed by atoms with van der Waals surface area (Å²) in [5.74, 6) is 0.220. The molecule has 1 fully saturated rings. The van der Waals surface area contributed by atoms with Crippen LogP contribution in [0.3, 0.4) is 0 Å². The second-order valence-electron chi connectivity index (χ2n) is 6.42. The van der Waals surface area contributed by atoms with Crippen molar-refractivity contribution in [2.45, 2.75) is 38.8 Å². The molecule has 1 amide bonds. The zero-order chi connectivity index (χ0) is 19.4. The van der Waals surface area contributed by atoms with Gasteiger partial charge in [-0.05, 0) is 37.0 Å². The van der Waals surface area contributed by atoms with Crippen molar-refractivity contribution in [3.8, 4) is 0 Å². The van der Waals surface area contributed by atoms with E-state index in [-0.39, 0.29) is 11.6 Å². The van der Waals surface area contributed by atoms with E-state index in [9.17, 15) is 14.9 Å². The summed E-state index contributed by atoms with van der Waals surface area (Å²) in [7, 11) is 1.67. The lowest BCUT2D eigenvalue weighted by Crippen LogP contribution is -2.26. The molecule has 0 spiro atoms. The highest BCUT2D eigenvalue weighted by Gasteiger charge is 2.25. The monoisotopic (exact) mass is 373 g/mol. The summed E-state index contributed by atoms with van der Waals surface area (Å²) in [6.45, 7) is 2.82. The van der Waals surface area contributed by atoms with Gasteiger partial charge in [0.1, 0.15) is 11.8 Å². The van der Waals surface area contributed by atoms with Crippen LogP contribution in [0.1, 0.15) is 31.0 Å². The Bertz CT molecular complexity index is 842. The van der Waals surface area contributed by atoms with Crippen molar-refractivity contribution in [3.63, 3.8) is 0 Å². The third-order valence-electron chi connectivity index (χ3n) is 4.49. The van der Waals surface area contributed by atoms with E-state index in [0.717, 1.165) is 18.4 Å². The first-order chi connectivity index (χ1) is 13.0. The van der Waals surface area contributed by atoms with Crippen LogP contribution >= 0.6 is 0 Å². The summed E-state index contributed by atoms with van der Waals surface area (Å²) in [6.07, 6.45) is 1.72. The van der Waals surface area contributed by atoms with E-state index in [4.69, 9.17) is 4.74 Å². The van der Waals surface area contributed by atoms with Crippen LogP contribution in [-0.2, 0) is 29.5 Å². The Morgan fingerprint density at radius 2 is 2.30 bits per heavy atom. The zero-order valence-corrected chi connectivity index (χ0v) is 15.4. The van der Waals surface area contributed by atoms with Gasteiger partial charge in [0, 0.05) is 25.9 Å². The van der Waals surface area contributed by atoms with Crippen LogP contribution < -0.4 is 10.6 Å². The third kappa shape index (κ3) is 4.25. The number of rotatable bonds is 7. The van der Waals surface area contributed by atoms with Crippen LogP contribution in [0.15, 0.2) is 24.3 Å². The minimum atomic E-state index is -0.410. The molecule has 1 aliphatic rings. The average Bonchev–Trinajstić information content (AvgIpc) is 3.28. The van der Waals surface area contributed by atoms with E-state index in [2.05, 4.69) is 15.7 Å². The van der Waals surface area contributed by atoms with Crippen molar-refractivity contribution in [3.05, 3.63) is 45.6 Å². The lowest BCUT2D eigenvalue weighted by molar-refractivity contribution is -0.384. The number of anilines is 2. The summed E-state index contributed by atoms with van der Waals surface area (Å²) >= 11 is 0. The molecule has 1 aromatic carbocycles. The Hall–Kier alpha value is -2.94. The van der Waals surface area contributed by atoms with Crippen LogP contribution in [0.2, 0.25) is 0 Å². The van der Waals surface area contributed by atoms with Crippen molar-refractivity contribution in [1.29, 1.82) is 0 Å². The number of hydrogen-bond donors (Lipinski definition) is 2. The molecule has 1 aliphatic heterocycles. The molecule has 0 bridgehead atoms. The zero-order valence-electron chi connectivity index (χ0n) is 15.4. The van der Waals surface area contributed by atoms with Gasteiger partial charge < -0.3 is 15.4 Å². The minimum absolute atomic E-state index is 0.00263. The van der Waals surface area contributed by atoms with Crippen LogP contribution in [0, 0.1) is 10.1 Å². The number of aromatic nitrogens is 2. The number of aryl methyl sites for hydroxylation is 2. The maximum Gasteiger partial charge on any atom is 0.333 e. The topological polar surface area (TPSA) is 111 Å². The molecule has 9 nitrogen and oxygen atoms in total. The lowest BCUT2D eigenvalue weighted by atomic mass is 10.2. The standard InChI is InChI=1S/C18H23N5O4/c1-3-14-16(23(25)26)17(22(2)21-14)19-11-12-6-4-7-13(10-12)20-18(24)15-8-5-9-27-15/h4,6-7,10,15,19H,3,5,8-9,11H2,1-2H3,(H,20,24). The molecular weight excluding hydrogens is 350 g/mol. The molecule has 0 saturated carbocycles. The fraction of sp³-hybridized carbons (Fsp3) is 0.444. The van der Waals surface area contributed by atoms with Crippen molar-refractivity contribution in [2.24, 2.45) is 7.05 Å². The number of carbonyl (C=O) groups excluding carboxylic acids is 1. The first kappa shape index (κ1) is 18.8. The Morgan fingerprint density at radius 3 is 2.96 bits per heavy atom. The molecule has 27 heavy (non-hydrogen) atoms. The molecule has 144 valence electrons. The van der Waals surface area contributed by atoms with Crippen molar-refractivity contribution >= 4 is 23.1 Å². The largest absolute Gasteiger partial charge is 0.368 e. The highest BCUT2D eigenvalue weighted by molar-refractivity contribution is 5.94. The first-order valence-electron chi connectivity index (χ1n) is 8.95. The smallest absolute Gasteiger partial charge is 0.333 e. The van der Waals surface area contributed by atoms with Gasteiger partial charge in [-0.3, -0.25) is 14.9 Å². The molecule has 1 saturated heterocycles. The number of hydrogen-bond acceptors (Lipinski definition) is 6. The maximum absolute atomic E-state index is 12.2. The van der Waals surface area contributed by atoms with Crippen LogP contribution in [0.4, 0.5) is 17.2 Å². The number of carbonyl (C=O) groups is 1. The average molecular weight is 373 g/mol. The fourth-order valence-electron chi connectivity index (χ4n) is 3.15. The van der Waals surface area contributed by atoms with Gasteiger partial charge in [0.2, 0.25) is 5.82 Å². The predicted octanol–water partition coefficient (Wildman–Crippen LogP) is 2.62. The highest BCUT2D eigenvalue weighted by atomic mass is 16.6. The number of ether oxygens (including phenoxy) is 1. The fourth-order valence-corrected chi connectivity index (χ4v) is 3.15. The third-order valence-corrected chi connectivity index (χ3v) is 4.49. The Kier molecular flexibility index (Phi) is 5.70. The minimum Gasteiger partial charge on any atom is -0.368 e. The quantitative estimate of drug-likeness (QED) is 0.570. The van der Waals surface area contributed by atoms with Crippen molar-refractivity contribution in [1.82, 2.24) is 9.78 Å². The van der Waals surface area contributed by atoms with Gasteiger partial charge in [0.15, 0.2) is 0 Å². The van der Waals surface area contributed by atoms with Gasteiger partial charge in [-0.1, -0.05) is 19.1 Å². The molecule has 0 aliphatic carbocycles.